The molecule has 0 unspecified atom stereocenters. The number of carbonyl (C=O) groups is 1. The summed E-state index contributed by atoms with van der Waals surface area (Å²) >= 11 is 0. The summed E-state index contributed by atoms with van der Waals surface area (Å²) in [6.45, 7) is 3.67. The molecule has 3 nitrogen and oxygen atoms in total. The molecule has 0 spiro atoms. The third-order valence-corrected chi connectivity index (χ3v) is 2.58. The fourth-order valence-corrected chi connectivity index (χ4v) is 1.80. The lowest BCUT2D eigenvalue weighted by atomic mass is 10.1. The molecule has 2 rings (SSSR count). The molecule has 1 aromatic rings. The molecule has 1 aliphatic heterocycles. The number of amides is 1. The Morgan fingerprint density at radius 3 is 2.64 bits per heavy atom. The van der Waals surface area contributed by atoms with Crippen LogP contribution in [0.15, 0.2) is 16.7 Å². The van der Waals surface area contributed by atoms with Crippen LogP contribution in [0.4, 0.5) is 0 Å². The second-order valence-corrected chi connectivity index (χ2v) is 3.84. The summed E-state index contributed by atoms with van der Waals surface area (Å²) in [7, 11) is 0. The van der Waals surface area contributed by atoms with E-state index in [4.69, 9.17) is 4.42 Å². The lowest BCUT2D eigenvalue weighted by Gasteiger charge is -2.25. The normalized spacial score (nSPS) is 17.1. The zero-order chi connectivity index (χ0) is 9.97. The fourth-order valence-electron chi connectivity index (χ4n) is 1.80. The van der Waals surface area contributed by atoms with Gasteiger partial charge in [0.15, 0.2) is 5.76 Å². The predicted molar refractivity (Wildman–Crippen MR) is 53.2 cm³/mol. The maximum atomic E-state index is 11.8. The van der Waals surface area contributed by atoms with Crippen molar-refractivity contribution in [3.05, 3.63) is 23.7 Å². The van der Waals surface area contributed by atoms with Crippen LogP contribution in [0.25, 0.3) is 0 Å². The summed E-state index contributed by atoms with van der Waals surface area (Å²) in [4.78, 5) is 13.7. The van der Waals surface area contributed by atoms with Crippen LogP contribution < -0.4 is 0 Å². The minimum Gasteiger partial charge on any atom is -0.459 e. The SMILES string of the molecule is Cc1coc(C(=O)N2CCCCC2)c1. The Bertz CT molecular complexity index is 324. The molecule has 1 saturated heterocycles. The lowest BCUT2D eigenvalue weighted by Crippen LogP contribution is -2.35. The number of furan rings is 1. The molecule has 1 amide bonds. The van der Waals surface area contributed by atoms with Gasteiger partial charge >= 0.3 is 0 Å². The second-order valence-electron chi connectivity index (χ2n) is 3.84. The number of hydrogen-bond acceptors (Lipinski definition) is 2. The number of nitrogens with zero attached hydrogens (tertiary/aromatic N) is 1. The Morgan fingerprint density at radius 2 is 2.07 bits per heavy atom. The first-order valence-electron chi connectivity index (χ1n) is 5.12. The van der Waals surface area contributed by atoms with Gasteiger partial charge in [0.25, 0.3) is 5.91 Å². The summed E-state index contributed by atoms with van der Waals surface area (Å²) in [6.07, 6.45) is 5.09. The molecular formula is C11H15NO2. The van der Waals surface area contributed by atoms with Gasteiger partial charge in [-0.1, -0.05) is 0 Å². The Hall–Kier alpha value is -1.25. The van der Waals surface area contributed by atoms with Crippen LogP contribution in [0.5, 0.6) is 0 Å². The molecule has 3 heteroatoms. The van der Waals surface area contributed by atoms with E-state index in [0.717, 1.165) is 31.5 Å². The van der Waals surface area contributed by atoms with Gasteiger partial charge in [-0.25, -0.2) is 0 Å². The molecule has 1 aromatic heterocycles. The highest BCUT2D eigenvalue weighted by atomic mass is 16.3. The van der Waals surface area contributed by atoms with Crippen molar-refractivity contribution in [2.75, 3.05) is 13.1 Å². The topological polar surface area (TPSA) is 33.5 Å². The highest BCUT2D eigenvalue weighted by Crippen LogP contribution is 2.14. The zero-order valence-corrected chi connectivity index (χ0v) is 8.45. The highest BCUT2D eigenvalue weighted by Gasteiger charge is 2.20. The van der Waals surface area contributed by atoms with E-state index in [1.807, 2.05) is 11.8 Å². The quantitative estimate of drug-likeness (QED) is 0.685. The van der Waals surface area contributed by atoms with Gasteiger partial charge in [0.05, 0.1) is 6.26 Å². The molecule has 0 aliphatic carbocycles. The monoisotopic (exact) mass is 193 g/mol. The Labute approximate surface area is 83.7 Å². The first kappa shape index (κ1) is 9.31. The Morgan fingerprint density at radius 1 is 1.36 bits per heavy atom. The van der Waals surface area contributed by atoms with Crippen molar-refractivity contribution in [3.63, 3.8) is 0 Å². The third kappa shape index (κ3) is 1.81. The zero-order valence-electron chi connectivity index (χ0n) is 8.45. The Kier molecular flexibility index (Phi) is 2.57. The average molecular weight is 193 g/mol. The van der Waals surface area contributed by atoms with Crippen molar-refractivity contribution in [2.45, 2.75) is 26.2 Å². The lowest BCUT2D eigenvalue weighted by molar-refractivity contribution is 0.0692. The van der Waals surface area contributed by atoms with Crippen molar-refractivity contribution >= 4 is 5.91 Å². The van der Waals surface area contributed by atoms with Crippen molar-refractivity contribution < 1.29 is 9.21 Å². The minimum absolute atomic E-state index is 0.0396. The number of likely N-dealkylation sites (tertiary alicyclic amines) is 1. The van der Waals surface area contributed by atoms with Gasteiger partial charge in [0, 0.05) is 13.1 Å². The summed E-state index contributed by atoms with van der Waals surface area (Å²) in [6, 6.07) is 1.80. The summed E-state index contributed by atoms with van der Waals surface area (Å²) in [5.74, 6) is 0.516. The molecule has 0 aromatic carbocycles. The molecule has 1 fully saturated rings. The third-order valence-electron chi connectivity index (χ3n) is 2.58. The summed E-state index contributed by atoms with van der Waals surface area (Å²) in [5, 5.41) is 0. The molecule has 0 N–H and O–H groups in total. The van der Waals surface area contributed by atoms with E-state index < -0.39 is 0 Å². The molecule has 2 heterocycles. The van der Waals surface area contributed by atoms with Crippen LogP contribution in [0.2, 0.25) is 0 Å². The molecule has 0 saturated carbocycles. The standard InChI is InChI=1S/C11H15NO2/c1-9-7-10(14-8-9)11(13)12-5-3-2-4-6-12/h7-8H,2-6H2,1H3. The van der Waals surface area contributed by atoms with Gasteiger partial charge in [0.1, 0.15) is 0 Å². The molecule has 0 radical (unpaired) electrons. The van der Waals surface area contributed by atoms with E-state index in [1.54, 1.807) is 12.3 Å². The van der Waals surface area contributed by atoms with Gasteiger partial charge in [0.2, 0.25) is 0 Å². The largest absolute Gasteiger partial charge is 0.459 e. The van der Waals surface area contributed by atoms with Crippen LogP contribution in [0.3, 0.4) is 0 Å². The van der Waals surface area contributed by atoms with Gasteiger partial charge in [-0.2, -0.15) is 0 Å². The molecule has 0 bridgehead atoms. The van der Waals surface area contributed by atoms with Crippen LogP contribution in [0.1, 0.15) is 35.4 Å². The number of piperidine rings is 1. The van der Waals surface area contributed by atoms with Crippen molar-refractivity contribution in [1.29, 1.82) is 0 Å². The first-order valence-corrected chi connectivity index (χ1v) is 5.12. The smallest absolute Gasteiger partial charge is 0.289 e. The van der Waals surface area contributed by atoms with E-state index in [1.165, 1.54) is 6.42 Å². The molecule has 1 aliphatic rings. The molecular weight excluding hydrogens is 178 g/mol. The van der Waals surface area contributed by atoms with Crippen molar-refractivity contribution in [2.24, 2.45) is 0 Å². The van der Waals surface area contributed by atoms with E-state index in [9.17, 15) is 4.79 Å². The minimum atomic E-state index is 0.0396. The van der Waals surface area contributed by atoms with Gasteiger partial charge in [-0.05, 0) is 37.8 Å². The first-order chi connectivity index (χ1) is 6.77. The summed E-state index contributed by atoms with van der Waals surface area (Å²) < 4.78 is 5.19. The Balaban J connectivity index is 2.07. The van der Waals surface area contributed by atoms with Crippen molar-refractivity contribution in [3.8, 4) is 0 Å². The van der Waals surface area contributed by atoms with Gasteiger partial charge in [-0.3, -0.25) is 4.79 Å². The van der Waals surface area contributed by atoms with Crippen LogP contribution in [-0.4, -0.2) is 23.9 Å². The van der Waals surface area contributed by atoms with E-state index in [-0.39, 0.29) is 5.91 Å². The van der Waals surface area contributed by atoms with E-state index in [2.05, 4.69) is 0 Å². The maximum absolute atomic E-state index is 11.8. The maximum Gasteiger partial charge on any atom is 0.289 e. The summed E-state index contributed by atoms with van der Waals surface area (Å²) in [5.41, 5.74) is 1.00. The van der Waals surface area contributed by atoms with Crippen molar-refractivity contribution in [1.82, 2.24) is 4.90 Å². The molecule has 0 atom stereocenters. The van der Waals surface area contributed by atoms with E-state index >= 15 is 0 Å². The average Bonchev–Trinajstić information content (AvgIpc) is 2.65. The predicted octanol–water partition coefficient (Wildman–Crippen LogP) is 2.21. The van der Waals surface area contributed by atoms with Gasteiger partial charge in [-0.15, -0.1) is 0 Å². The fraction of sp³-hybridized carbons (Fsp3) is 0.545. The van der Waals surface area contributed by atoms with Crippen LogP contribution in [0, 0.1) is 6.92 Å². The second kappa shape index (κ2) is 3.86. The molecule has 76 valence electrons. The molecule has 14 heavy (non-hydrogen) atoms. The number of aryl methyl sites for hydroxylation is 1. The highest BCUT2D eigenvalue weighted by molar-refractivity contribution is 5.91. The number of hydrogen-bond donors (Lipinski definition) is 0. The number of carbonyl (C=O) groups excluding carboxylic acids is 1. The number of rotatable bonds is 1. The van der Waals surface area contributed by atoms with Gasteiger partial charge < -0.3 is 9.32 Å². The van der Waals surface area contributed by atoms with Crippen LogP contribution in [-0.2, 0) is 0 Å². The van der Waals surface area contributed by atoms with Crippen LogP contribution >= 0.6 is 0 Å². The van der Waals surface area contributed by atoms with E-state index in [0.29, 0.717) is 5.76 Å².